The molecule has 0 saturated heterocycles. The van der Waals surface area contributed by atoms with Crippen LogP contribution in [0.3, 0.4) is 0 Å². The van der Waals surface area contributed by atoms with Crippen LogP contribution in [0.25, 0.3) is 22.3 Å². The molecule has 0 aliphatic heterocycles. The molecule has 0 aliphatic carbocycles. The molecule has 2 aromatic carbocycles. The van der Waals surface area contributed by atoms with Crippen molar-refractivity contribution in [3.05, 3.63) is 72.1 Å². The summed E-state index contributed by atoms with van der Waals surface area (Å²) in [5, 5.41) is 12.0. The van der Waals surface area contributed by atoms with Gasteiger partial charge in [0.2, 0.25) is 0 Å². The van der Waals surface area contributed by atoms with Crippen LogP contribution in [-0.4, -0.2) is 21.4 Å². The van der Waals surface area contributed by atoms with Gasteiger partial charge in [-0.2, -0.15) is 5.26 Å². The number of rotatable bonds is 5. The van der Waals surface area contributed by atoms with Crippen molar-refractivity contribution in [2.45, 2.75) is 39.2 Å². The Morgan fingerprint density at radius 2 is 1.77 bits per heavy atom. The lowest BCUT2D eigenvalue weighted by Gasteiger charge is -2.19. The number of nitrogens with one attached hydrogen (secondary N) is 1. The molecule has 0 atom stereocenters. The fraction of sp³-hybridized carbons (Fsp3) is 0.250. The van der Waals surface area contributed by atoms with Crippen LogP contribution in [-0.2, 0) is 0 Å². The molecule has 0 bridgehead atoms. The van der Waals surface area contributed by atoms with E-state index in [1.165, 1.54) is 18.5 Å². The monoisotopic (exact) mass is 402 g/mol. The van der Waals surface area contributed by atoms with Crippen molar-refractivity contribution in [2.75, 3.05) is 0 Å². The maximum absolute atomic E-state index is 13.4. The van der Waals surface area contributed by atoms with Crippen molar-refractivity contribution >= 4 is 5.91 Å². The first kappa shape index (κ1) is 21.1. The number of aromatic nitrogens is 2. The molecule has 3 aromatic rings. The van der Waals surface area contributed by atoms with E-state index >= 15 is 0 Å². The van der Waals surface area contributed by atoms with E-state index in [1.807, 2.05) is 19.9 Å². The summed E-state index contributed by atoms with van der Waals surface area (Å²) in [6.07, 6.45) is 3.23. The minimum absolute atomic E-state index is 0.160. The van der Waals surface area contributed by atoms with Gasteiger partial charge < -0.3 is 5.32 Å². The average molecular weight is 402 g/mol. The van der Waals surface area contributed by atoms with Gasteiger partial charge in [-0.25, -0.2) is 14.4 Å². The van der Waals surface area contributed by atoms with Gasteiger partial charge in [0.15, 0.2) is 0 Å². The third kappa shape index (κ3) is 4.69. The van der Waals surface area contributed by atoms with E-state index in [9.17, 15) is 14.4 Å². The van der Waals surface area contributed by atoms with Crippen molar-refractivity contribution in [3.8, 4) is 28.3 Å². The van der Waals surface area contributed by atoms with Gasteiger partial charge in [-0.15, -0.1) is 0 Å². The largest absolute Gasteiger partial charge is 0.334 e. The second-order valence-corrected chi connectivity index (χ2v) is 7.97. The summed E-state index contributed by atoms with van der Waals surface area (Å²) in [5.74, 6) is -0.538. The molecule has 3 rings (SSSR count). The molecule has 0 radical (unpaired) electrons. The SMILES string of the molecule is CC(C)c1ncncc1-c1cc(C(=O)NC(C)(C)C#N)cc(-c2ccc(F)cc2)c1. The lowest BCUT2D eigenvalue weighted by atomic mass is 9.93. The van der Waals surface area contributed by atoms with Crippen LogP contribution in [0.4, 0.5) is 4.39 Å². The van der Waals surface area contributed by atoms with Crippen molar-refractivity contribution in [2.24, 2.45) is 0 Å². The average Bonchev–Trinajstić information content (AvgIpc) is 2.73. The third-order valence-corrected chi connectivity index (χ3v) is 4.68. The second kappa shape index (κ2) is 8.42. The Kier molecular flexibility index (Phi) is 5.93. The van der Waals surface area contributed by atoms with Gasteiger partial charge in [-0.05, 0) is 66.8 Å². The summed E-state index contributed by atoms with van der Waals surface area (Å²) in [6.45, 7) is 7.35. The van der Waals surface area contributed by atoms with Crippen molar-refractivity contribution in [3.63, 3.8) is 0 Å². The summed E-state index contributed by atoms with van der Waals surface area (Å²) in [7, 11) is 0. The van der Waals surface area contributed by atoms with E-state index in [0.717, 1.165) is 27.9 Å². The Morgan fingerprint density at radius 1 is 1.10 bits per heavy atom. The van der Waals surface area contributed by atoms with Crippen molar-refractivity contribution in [1.29, 1.82) is 5.26 Å². The van der Waals surface area contributed by atoms with E-state index in [0.29, 0.717) is 5.56 Å². The van der Waals surface area contributed by atoms with Crippen LogP contribution in [0.15, 0.2) is 55.0 Å². The Balaban J connectivity index is 2.18. The van der Waals surface area contributed by atoms with E-state index in [2.05, 4.69) is 21.4 Å². The van der Waals surface area contributed by atoms with Crippen molar-refractivity contribution in [1.82, 2.24) is 15.3 Å². The molecule has 30 heavy (non-hydrogen) atoms. The standard InChI is InChI=1S/C24H23FN4O/c1-15(2)22-21(12-27-14-28-22)18-9-17(16-5-7-20(25)8-6-16)10-19(11-18)23(30)29-24(3,4)13-26/h5-12,14-15H,1-4H3,(H,29,30). The molecule has 1 aromatic heterocycles. The fourth-order valence-electron chi connectivity index (χ4n) is 3.13. The van der Waals surface area contributed by atoms with Gasteiger partial charge in [0.05, 0.1) is 11.8 Å². The molecule has 1 heterocycles. The number of hydrogen-bond acceptors (Lipinski definition) is 4. The highest BCUT2D eigenvalue weighted by Crippen LogP contribution is 2.32. The molecule has 0 fully saturated rings. The molecular formula is C24H23FN4O. The number of nitrogens with zero attached hydrogens (tertiary/aromatic N) is 3. The van der Waals surface area contributed by atoms with Gasteiger partial charge >= 0.3 is 0 Å². The zero-order valence-corrected chi connectivity index (χ0v) is 17.4. The smallest absolute Gasteiger partial charge is 0.252 e. The zero-order chi connectivity index (χ0) is 21.9. The molecule has 0 saturated carbocycles. The highest BCUT2D eigenvalue weighted by Gasteiger charge is 2.22. The van der Waals surface area contributed by atoms with E-state index in [1.54, 1.807) is 44.3 Å². The summed E-state index contributed by atoms with van der Waals surface area (Å²) < 4.78 is 13.4. The Hall–Kier alpha value is -3.59. The third-order valence-electron chi connectivity index (χ3n) is 4.68. The number of carbonyl (C=O) groups excluding carboxylic acids is 1. The van der Waals surface area contributed by atoms with Crippen LogP contribution in [0.2, 0.25) is 0 Å². The topological polar surface area (TPSA) is 78.7 Å². The minimum atomic E-state index is -1.01. The van der Waals surface area contributed by atoms with Crippen LogP contribution >= 0.6 is 0 Å². The number of hydrogen-bond donors (Lipinski definition) is 1. The van der Waals surface area contributed by atoms with Crippen molar-refractivity contribution < 1.29 is 9.18 Å². The van der Waals surface area contributed by atoms with Crippen LogP contribution < -0.4 is 5.32 Å². The molecule has 6 heteroatoms. The normalized spacial score (nSPS) is 11.2. The Bertz CT molecular complexity index is 1110. The fourth-order valence-corrected chi connectivity index (χ4v) is 3.13. The number of carbonyl (C=O) groups is 1. The molecule has 1 amide bonds. The van der Waals surface area contributed by atoms with Crippen LogP contribution in [0.1, 0.15) is 49.7 Å². The van der Waals surface area contributed by atoms with Gasteiger partial charge in [-0.1, -0.05) is 26.0 Å². The van der Waals surface area contributed by atoms with Gasteiger partial charge in [-0.3, -0.25) is 4.79 Å². The highest BCUT2D eigenvalue weighted by molar-refractivity contribution is 5.98. The summed E-state index contributed by atoms with van der Waals surface area (Å²) in [6, 6.07) is 13.6. The number of halogens is 1. The second-order valence-electron chi connectivity index (χ2n) is 7.97. The van der Waals surface area contributed by atoms with Gasteiger partial charge in [0.25, 0.3) is 5.91 Å². The first-order valence-electron chi connectivity index (χ1n) is 9.65. The number of amides is 1. The number of benzene rings is 2. The maximum atomic E-state index is 13.4. The molecule has 1 N–H and O–H groups in total. The van der Waals surface area contributed by atoms with Gasteiger partial charge in [0, 0.05) is 17.3 Å². The summed E-state index contributed by atoms with van der Waals surface area (Å²) in [5.41, 5.74) is 3.38. The molecule has 152 valence electrons. The predicted molar refractivity (Wildman–Crippen MR) is 114 cm³/mol. The van der Waals surface area contributed by atoms with E-state index < -0.39 is 5.54 Å². The minimum Gasteiger partial charge on any atom is -0.334 e. The lowest BCUT2D eigenvalue weighted by Crippen LogP contribution is -2.42. The summed E-state index contributed by atoms with van der Waals surface area (Å²) in [4.78, 5) is 21.5. The predicted octanol–water partition coefficient (Wildman–Crippen LogP) is 5.11. The zero-order valence-electron chi connectivity index (χ0n) is 17.4. The van der Waals surface area contributed by atoms with E-state index in [4.69, 9.17) is 0 Å². The van der Waals surface area contributed by atoms with E-state index in [-0.39, 0.29) is 17.6 Å². The molecule has 0 spiro atoms. The molecular weight excluding hydrogens is 379 g/mol. The lowest BCUT2D eigenvalue weighted by molar-refractivity contribution is 0.0929. The Labute approximate surface area is 175 Å². The first-order valence-corrected chi connectivity index (χ1v) is 9.65. The Morgan fingerprint density at radius 3 is 2.40 bits per heavy atom. The van der Waals surface area contributed by atoms with Crippen LogP contribution in [0.5, 0.6) is 0 Å². The molecule has 5 nitrogen and oxygen atoms in total. The van der Waals surface area contributed by atoms with Gasteiger partial charge in [0.1, 0.15) is 17.7 Å². The summed E-state index contributed by atoms with van der Waals surface area (Å²) >= 11 is 0. The first-order chi connectivity index (χ1) is 14.2. The maximum Gasteiger partial charge on any atom is 0.252 e. The quantitative estimate of drug-likeness (QED) is 0.644. The number of nitriles is 1. The molecule has 0 unspecified atom stereocenters. The molecule has 0 aliphatic rings. The van der Waals surface area contributed by atoms with Crippen LogP contribution in [0, 0.1) is 17.1 Å². The highest BCUT2D eigenvalue weighted by atomic mass is 19.1.